The number of carbonyl (C=O) groups is 4. The molecule has 2 amide bonds. The van der Waals surface area contributed by atoms with E-state index >= 15 is 0 Å². The number of hydrogen-bond acceptors (Lipinski definition) is 9. The van der Waals surface area contributed by atoms with Gasteiger partial charge in [0.15, 0.2) is 4.34 Å². The van der Waals surface area contributed by atoms with Crippen LogP contribution in [0.25, 0.3) is 0 Å². The van der Waals surface area contributed by atoms with Crippen molar-refractivity contribution < 1.29 is 29.4 Å². The molecule has 1 saturated heterocycles. The van der Waals surface area contributed by atoms with E-state index in [-0.39, 0.29) is 24.4 Å². The van der Waals surface area contributed by atoms with Gasteiger partial charge < -0.3 is 15.5 Å². The van der Waals surface area contributed by atoms with Crippen molar-refractivity contribution in [3.63, 3.8) is 0 Å². The van der Waals surface area contributed by atoms with E-state index in [1.807, 2.05) is 30.3 Å². The van der Waals surface area contributed by atoms with Gasteiger partial charge in [-0.05, 0) is 5.56 Å². The van der Waals surface area contributed by atoms with Gasteiger partial charge in [0.2, 0.25) is 5.91 Å². The number of thioether (sulfide) groups is 2. The molecule has 4 rings (SSSR count). The number of hydrogen-bond donors (Lipinski definition) is 3. The van der Waals surface area contributed by atoms with Crippen LogP contribution in [0.3, 0.4) is 0 Å². The van der Waals surface area contributed by atoms with Crippen LogP contribution < -0.4 is 5.32 Å². The highest BCUT2D eigenvalue weighted by molar-refractivity contribution is 8.07. The fraction of sp³-hybridized carbons (Fsp3) is 0.263. The second kappa shape index (κ2) is 9.30. The molecule has 3 heterocycles. The van der Waals surface area contributed by atoms with Gasteiger partial charge >= 0.3 is 11.9 Å². The first-order valence-electron chi connectivity index (χ1n) is 9.30. The van der Waals surface area contributed by atoms with Crippen molar-refractivity contribution in [1.29, 1.82) is 0 Å². The number of aliphatic carboxylic acids is 2. The molecule has 2 aliphatic heterocycles. The van der Waals surface area contributed by atoms with E-state index in [0.29, 0.717) is 20.0 Å². The zero-order chi connectivity index (χ0) is 22.8. The summed E-state index contributed by atoms with van der Waals surface area (Å²) in [6.45, 7) is 0. The second-order valence-corrected chi connectivity index (χ2v) is 10.3. The summed E-state index contributed by atoms with van der Waals surface area (Å²) in [7, 11) is 0. The lowest BCUT2D eigenvalue weighted by atomic mass is 10.0. The molecule has 0 aliphatic carbocycles. The monoisotopic (exact) mass is 492 g/mol. The minimum Gasteiger partial charge on any atom is -0.481 e. The largest absolute Gasteiger partial charge is 0.481 e. The third-order valence-corrected chi connectivity index (χ3v) is 8.14. The smallest absolute Gasteiger partial charge is 0.353 e. The van der Waals surface area contributed by atoms with Gasteiger partial charge in [-0.25, -0.2) is 4.79 Å². The molecule has 2 aliphatic rings. The molecule has 1 aromatic carbocycles. The van der Waals surface area contributed by atoms with Crippen LogP contribution in [0.4, 0.5) is 0 Å². The minimum atomic E-state index is -1.25. The van der Waals surface area contributed by atoms with Gasteiger partial charge in [0.25, 0.3) is 5.91 Å². The normalized spacial score (nSPS) is 19.9. The lowest BCUT2D eigenvalue weighted by Crippen LogP contribution is -2.70. The standard InChI is InChI=1S/C19H16N4O6S3/c24-11(6-9-4-2-1-3-5-9)20-14-16(27)23-15(18(28)29)10(8-30-17(14)23)31-19-22-21-12(32-19)7-13(25)26/h1-5,14,17H,6-8H2,(H,20,24)(H,25,26)(H,28,29)/t14-,17+/m1/s1. The number of amides is 2. The second-order valence-electron chi connectivity index (χ2n) is 6.83. The molecule has 0 saturated carbocycles. The minimum absolute atomic E-state index is 0.125. The number of benzene rings is 1. The first kappa shape index (κ1) is 22.3. The summed E-state index contributed by atoms with van der Waals surface area (Å²) in [5.74, 6) is -2.78. The number of rotatable bonds is 8. The van der Waals surface area contributed by atoms with Crippen LogP contribution in [-0.4, -0.2) is 66.2 Å². The van der Waals surface area contributed by atoms with Gasteiger partial charge in [0.1, 0.15) is 22.1 Å². The van der Waals surface area contributed by atoms with Gasteiger partial charge in [-0.3, -0.25) is 19.3 Å². The van der Waals surface area contributed by atoms with Crippen molar-refractivity contribution in [1.82, 2.24) is 20.4 Å². The van der Waals surface area contributed by atoms with E-state index in [0.717, 1.165) is 28.7 Å². The van der Waals surface area contributed by atoms with Crippen LogP contribution in [0.2, 0.25) is 0 Å². The zero-order valence-electron chi connectivity index (χ0n) is 16.3. The predicted octanol–water partition coefficient (Wildman–Crippen LogP) is 1.20. The number of β-lactam (4-membered cyclic amide) rings is 1. The molecule has 0 radical (unpaired) electrons. The Bertz CT molecular complexity index is 1120. The Balaban J connectivity index is 1.46. The van der Waals surface area contributed by atoms with Crippen LogP contribution in [0.5, 0.6) is 0 Å². The van der Waals surface area contributed by atoms with E-state index in [1.165, 1.54) is 16.7 Å². The lowest BCUT2D eigenvalue weighted by Gasteiger charge is -2.49. The summed E-state index contributed by atoms with van der Waals surface area (Å²) in [5, 5.41) is 28.8. The molecule has 0 bridgehead atoms. The van der Waals surface area contributed by atoms with E-state index in [9.17, 15) is 24.3 Å². The molecule has 166 valence electrons. The van der Waals surface area contributed by atoms with Crippen molar-refractivity contribution in [3.8, 4) is 0 Å². The summed E-state index contributed by atoms with van der Waals surface area (Å²) in [6, 6.07) is 8.32. The first-order valence-corrected chi connectivity index (χ1v) is 12.0. The fourth-order valence-corrected chi connectivity index (χ4v) is 6.79. The third-order valence-electron chi connectivity index (χ3n) is 4.62. The van der Waals surface area contributed by atoms with E-state index in [2.05, 4.69) is 15.5 Å². The summed E-state index contributed by atoms with van der Waals surface area (Å²) in [5.41, 5.74) is 0.668. The molecule has 2 aromatic rings. The Morgan fingerprint density at radius 2 is 1.91 bits per heavy atom. The average molecular weight is 493 g/mol. The topological polar surface area (TPSA) is 150 Å². The molecule has 13 heteroatoms. The van der Waals surface area contributed by atoms with Crippen LogP contribution in [0.1, 0.15) is 10.6 Å². The summed E-state index contributed by atoms with van der Waals surface area (Å²) >= 11 is 3.47. The van der Waals surface area contributed by atoms with E-state index in [4.69, 9.17) is 5.11 Å². The maximum Gasteiger partial charge on any atom is 0.353 e. The molecule has 3 N–H and O–H groups in total. The van der Waals surface area contributed by atoms with Gasteiger partial charge in [0, 0.05) is 10.7 Å². The quantitative estimate of drug-likeness (QED) is 0.459. The molecule has 0 unspecified atom stereocenters. The van der Waals surface area contributed by atoms with Crippen LogP contribution in [0, 0.1) is 0 Å². The van der Waals surface area contributed by atoms with Crippen molar-refractivity contribution in [2.24, 2.45) is 0 Å². The van der Waals surface area contributed by atoms with E-state index in [1.54, 1.807) is 0 Å². The number of nitrogens with one attached hydrogen (secondary N) is 1. The Morgan fingerprint density at radius 1 is 1.16 bits per heavy atom. The molecular formula is C19H16N4O6S3. The Kier molecular flexibility index (Phi) is 6.48. The number of aromatic nitrogens is 2. The van der Waals surface area contributed by atoms with E-state index < -0.39 is 29.3 Å². The SMILES string of the molecule is O=C(O)Cc1nnc(SC2=C(C(=O)O)N3C(=O)[C@@H](NC(=O)Cc4ccccc4)[C@@H]3SC2)s1. The summed E-state index contributed by atoms with van der Waals surface area (Å²) < 4.78 is 0.398. The van der Waals surface area contributed by atoms with Crippen LogP contribution in [-0.2, 0) is 32.0 Å². The zero-order valence-corrected chi connectivity index (χ0v) is 18.7. The number of carbonyl (C=O) groups excluding carboxylic acids is 2. The highest BCUT2D eigenvalue weighted by atomic mass is 32.2. The molecule has 10 nitrogen and oxygen atoms in total. The maximum atomic E-state index is 12.7. The van der Waals surface area contributed by atoms with Crippen molar-refractivity contribution in [3.05, 3.63) is 51.5 Å². The van der Waals surface area contributed by atoms with Crippen molar-refractivity contribution >= 4 is 58.6 Å². The number of fused-ring (bicyclic) bond motifs is 1. The maximum absolute atomic E-state index is 12.7. The molecule has 1 fully saturated rings. The van der Waals surface area contributed by atoms with Gasteiger partial charge in [-0.1, -0.05) is 53.4 Å². The fourth-order valence-electron chi connectivity index (χ4n) is 3.26. The van der Waals surface area contributed by atoms with Crippen molar-refractivity contribution in [2.45, 2.75) is 28.6 Å². The highest BCUT2D eigenvalue weighted by Crippen LogP contribution is 2.45. The predicted molar refractivity (Wildman–Crippen MR) is 117 cm³/mol. The van der Waals surface area contributed by atoms with Gasteiger partial charge in [0.05, 0.1) is 12.8 Å². The molecule has 1 aromatic heterocycles. The van der Waals surface area contributed by atoms with Gasteiger partial charge in [-0.15, -0.1) is 22.0 Å². The Labute approximate surface area is 194 Å². The van der Waals surface area contributed by atoms with Crippen molar-refractivity contribution in [2.75, 3.05) is 5.75 Å². The average Bonchev–Trinajstić information content (AvgIpc) is 3.18. The number of carboxylic acid groups (broad SMARTS) is 2. The van der Waals surface area contributed by atoms with Crippen LogP contribution in [0.15, 0.2) is 45.3 Å². The molecule has 32 heavy (non-hydrogen) atoms. The molecule has 0 spiro atoms. The Hall–Kier alpha value is -2.90. The first-order chi connectivity index (χ1) is 15.3. The summed E-state index contributed by atoms with van der Waals surface area (Å²) in [4.78, 5) is 49.4. The molecular weight excluding hydrogens is 476 g/mol. The Morgan fingerprint density at radius 3 is 2.59 bits per heavy atom. The number of carboxylic acids is 2. The highest BCUT2D eigenvalue weighted by Gasteiger charge is 2.54. The summed E-state index contributed by atoms with van der Waals surface area (Å²) in [6.07, 6.45) is -0.144. The lowest BCUT2D eigenvalue weighted by molar-refractivity contribution is -0.150. The third kappa shape index (κ3) is 4.64. The van der Waals surface area contributed by atoms with Crippen LogP contribution >= 0.6 is 34.9 Å². The molecule has 2 atom stereocenters. The number of nitrogens with zero attached hydrogens (tertiary/aromatic N) is 3. The van der Waals surface area contributed by atoms with Gasteiger partial charge in [-0.2, -0.15) is 0 Å².